The summed E-state index contributed by atoms with van der Waals surface area (Å²) < 4.78 is 0. The van der Waals surface area contributed by atoms with Crippen LogP contribution in [-0.2, 0) is 0 Å². The second-order valence-electron chi connectivity index (χ2n) is 6.03. The Bertz CT molecular complexity index is 162. The van der Waals surface area contributed by atoms with Crippen molar-refractivity contribution in [2.75, 3.05) is 33.7 Å². The Labute approximate surface area is 89.3 Å². The van der Waals surface area contributed by atoms with Crippen LogP contribution in [0.15, 0.2) is 0 Å². The number of piperidine rings is 1. The molecule has 84 valence electrons. The van der Waals surface area contributed by atoms with E-state index in [1.165, 1.54) is 32.5 Å². The summed E-state index contributed by atoms with van der Waals surface area (Å²) in [6.45, 7) is 10.8. The number of hydrogen-bond donors (Lipinski definition) is 0. The molecule has 0 N–H and O–H groups in total. The molecule has 0 unspecified atom stereocenters. The van der Waals surface area contributed by atoms with E-state index in [2.05, 4.69) is 44.7 Å². The van der Waals surface area contributed by atoms with Crippen LogP contribution in [0.25, 0.3) is 0 Å². The lowest BCUT2D eigenvalue weighted by Gasteiger charge is -2.38. The fourth-order valence-corrected chi connectivity index (χ4v) is 2.26. The van der Waals surface area contributed by atoms with Crippen molar-refractivity contribution in [2.45, 2.75) is 39.7 Å². The fourth-order valence-electron chi connectivity index (χ4n) is 2.26. The molecule has 1 rings (SSSR count). The van der Waals surface area contributed by atoms with Gasteiger partial charge in [-0.3, -0.25) is 0 Å². The van der Waals surface area contributed by atoms with Crippen molar-refractivity contribution < 1.29 is 0 Å². The van der Waals surface area contributed by atoms with Crippen LogP contribution in [-0.4, -0.2) is 49.6 Å². The summed E-state index contributed by atoms with van der Waals surface area (Å²) in [4.78, 5) is 4.98. The van der Waals surface area contributed by atoms with Gasteiger partial charge in [-0.1, -0.05) is 20.8 Å². The minimum Gasteiger partial charge on any atom is -0.306 e. The van der Waals surface area contributed by atoms with Crippen molar-refractivity contribution in [3.05, 3.63) is 0 Å². The average molecular weight is 198 g/mol. The molecule has 0 aromatic carbocycles. The predicted molar refractivity (Wildman–Crippen MR) is 62.6 cm³/mol. The van der Waals surface area contributed by atoms with Crippen molar-refractivity contribution in [1.82, 2.24) is 9.80 Å². The fraction of sp³-hybridized carbons (Fsp3) is 1.00. The summed E-state index contributed by atoms with van der Waals surface area (Å²) in [7, 11) is 4.40. The molecule has 1 fully saturated rings. The molecule has 1 aliphatic rings. The van der Waals surface area contributed by atoms with Crippen molar-refractivity contribution in [3.8, 4) is 0 Å². The summed E-state index contributed by atoms with van der Waals surface area (Å²) in [6, 6.07) is 0.811. The van der Waals surface area contributed by atoms with Crippen LogP contribution in [0.3, 0.4) is 0 Å². The zero-order chi connectivity index (χ0) is 10.8. The standard InChI is InChI=1S/C12H26N2/c1-12(2,3)10-14-8-6-11(7-9-14)13(4)5/h11H,6-10H2,1-5H3. The van der Waals surface area contributed by atoms with Crippen molar-refractivity contribution in [1.29, 1.82) is 0 Å². The predicted octanol–water partition coefficient (Wildman–Crippen LogP) is 2.06. The Morgan fingerprint density at radius 2 is 1.64 bits per heavy atom. The van der Waals surface area contributed by atoms with Crippen LogP contribution in [0.5, 0.6) is 0 Å². The molecule has 0 aromatic rings. The van der Waals surface area contributed by atoms with Gasteiger partial charge in [-0.2, -0.15) is 0 Å². The molecule has 1 saturated heterocycles. The molecule has 0 radical (unpaired) electrons. The zero-order valence-electron chi connectivity index (χ0n) is 10.5. The van der Waals surface area contributed by atoms with Crippen LogP contribution < -0.4 is 0 Å². The van der Waals surface area contributed by atoms with Crippen LogP contribution in [0.1, 0.15) is 33.6 Å². The Kier molecular flexibility index (Phi) is 3.96. The first-order valence-electron chi connectivity index (χ1n) is 5.77. The number of nitrogens with zero attached hydrogens (tertiary/aromatic N) is 2. The largest absolute Gasteiger partial charge is 0.306 e. The third kappa shape index (κ3) is 3.97. The van der Waals surface area contributed by atoms with Gasteiger partial charge >= 0.3 is 0 Å². The van der Waals surface area contributed by atoms with E-state index < -0.39 is 0 Å². The Hall–Kier alpha value is -0.0800. The zero-order valence-corrected chi connectivity index (χ0v) is 10.5. The molecule has 14 heavy (non-hydrogen) atoms. The Morgan fingerprint density at radius 3 is 2.00 bits per heavy atom. The highest BCUT2D eigenvalue weighted by molar-refractivity contribution is 4.79. The Balaban J connectivity index is 2.29. The van der Waals surface area contributed by atoms with Crippen molar-refractivity contribution in [2.24, 2.45) is 5.41 Å². The lowest BCUT2D eigenvalue weighted by molar-refractivity contribution is 0.114. The minimum atomic E-state index is 0.449. The third-order valence-corrected chi connectivity index (χ3v) is 2.99. The lowest BCUT2D eigenvalue weighted by atomic mass is 9.94. The highest BCUT2D eigenvalue weighted by atomic mass is 15.2. The molecular formula is C12H26N2. The van der Waals surface area contributed by atoms with Gasteiger partial charge in [0.05, 0.1) is 0 Å². The molecule has 1 aliphatic heterocycles. The normalized spacial score (nSPS) is 21.9. The highest BCUT2D eigenvalue weighted by Crippen LogP contribution is 2.20. The molecule has 0 saturated carbocycles. The summed E-state index contributed by atoms with van der Waals surface area (Å²) in [5, 5.41) is 0. The van der Waals surface area contributed by atoms with E-state index in [1.54, 1.807) is 0 Å². The van der Waals surface area contributed by atoms with E-state index in [0.717, 1.165) is 6.04 Å². The Morgan fingerprint density at radius 1 is 1.14 bits per heavy atom. The van der Waals surface area contributed by atoms with Gasteiger partial charge < -0.3 is 9.80 Å². The maximum absolute atomic E-state index is 2.61. The molecule has 0 spiro atoms. The SMILES string of the molecule is CN(C)C1CCN(CC(C)(C)C)CC1. The van der Waals surface area contributed by atoms with Crippen molar-refractivity contribution in [3.63, 3.8) is 0 Å². The molecular weight excluding hydrogens is 172 g/mol. The van der Waals surface area contributed by atoms with Crippen molar-refractivity contribution >= 4 is 0 Å². The monoisotopic (exact) mass is 198 g/mol. The first-order chi connectivity index (χ1) is 6.38. The van der Waals surface area contributed by atoms with E-state index in [4.69, 9.17) is 0 Å². The number of rotatable bonds is 2. The first-order valence-corrected chi connectivity index (χ1v) is 5.77. The smallest absolute Gasteiger partial charge is 0.0113 e. The molecule has 0 aliphatic carbocycles. The topological polar surface area (TPSA) is 6.48 Å². The van der Waals surface area contributed by atoms with E-state index in [0.29, 0.717) is 5.41 Å². The lowest BCUT2D eigenvalue weighted by Crippen LogP contribution is -2.44. The van der Waals surface area contributed by atoms with Gasteiger partial charge in [-0.15, -0.1) is 0 Å². The van der Waals surface area contributed by atoms with E-state index in [1.807, 2.05) is 0 Å². The molecule has 1 heterocycles. The van der Waals surface area contributed by atoms with Gasteiger partial charge in [0, 0.05) is 12.6 Å². The second-order valence-corrected chi connectivity index (χ2v) is 6.03. The van der Waals surface area contributed by atoms with Gasteiger partial charge in [0.2, 0.25) is 0 Å². The summed E-state index contributed by atoms with van der Waals surface area (Å²) >= 11 is 0. The molecule has 2 heteroatoms. The molecule has 0 atom stereocenters. The van der Waals surface area contributed by atoms with Gasteiger partial charge in [-0.05, 0) is 45.4 Å². The summed E-state index contributed by atoms with van der Waals surface area (Å²) in [5.74, 6) is 0. The maximum atomic E-state index is 2.61. The van der Waals surface area contributed by atoms with Crippen LogP contribution in [0.2, 0.25) is 0 Å². The van der Waals surface area contributed by atoms with E-state index in [9.17, 15) is 0 Å². The molecule has 0 bridgehead atoms. The minimum absolute atomic E-state index is 0.449. The first kappa shape index (κ1) is 12.0. The third-order valence-electron chi connectivity index (χ3n) is 2.99. The second kappa shape index (κ2) is 4.63. The molecule has 0 amide bonds. The van der Waals surface area contributed by atoms with Gasteiger partial charge in [0.15, 0.2) is 0 Å². The quantitative estimate of drug-likeness (QED) is 0.670. The summed E-state index contributed by atoms with van der Waals surface area (Å²) in [5.41, 5.74) is 0.449. The number of likely N-dealkylation sites (tertiary alicyclic amines) is 1. The number of hydrogen-bond acceptors (Lipinski definition) is 2. The maximum Gasteiger partial charge on any atom is 0.0113 e. The van der Waals surface area contributed by atoms with Gasteiger partial charge in [0.25, 0.3) is 0 Å². The van der Waals surface area contributed by atoms with E-state index >= 15 is 0 Å². The average Bonchev–Trinajstić information content (AvgIpc) is 2.02. The molecule has 0 aromatic heterocycles. The summed E-state index contributed by atoms with van der Waals surface area (Å²) in [6.07, 6.45) is 2.67. The van der Waals surface area contributed by atoms with Crippen LogP contribution in [0.4, 0.5) is 0 Å². The van der Waals surface area contributed by atoms with Gasteiger partial charge in [0.1, 0.15) is 0 Å². The van der Waals surface area contributed by atoms with Crippen LogP contribution in [0, 0.1) is 5.41 Å². The molecule has 2 nitrogen and oxygen atoms in total. The van der Waals surface area contributed by atoms with Gasteiger partial charge in [-0.25, -0.2) is 0 Å². The highest BCUT2D eigenvalue weighted by Gasteiger charge is 2.23. The van der Waals surface area contributed by atoms with E-state index in [-0.39, 0.29) is 0 Å². The van der Waals surface area contributed by atoms with Crippen LogP contribution >= 0.6 is 0 Å².